The number of carboxylic acid groups (broad SMARTS) is 1. The van der Waals surface area contributed by atoms with E-state index in [2.05, 4.69) is 9.88 Å². The standard InChI is InChI=1S/C12H17N3O3/c1-2-8-10(13)9(12(16)17)7-14-11(8)15-3-5-18-6-4-15/h7H,2-6H2,1H3,(H2,13,14)(H,16,17). The van der Waals surface area contributed by atoms with E-state index in [1.165, 1.54) is 6.20 Å². The Kier molecular flexibility index (Phi) is 3.66. The molecule has 0 unspecified atom stereocenters. The Labute approximate surface area is 105 Å². The number of carbonyl (C=O) groups is 1. The number of aromatic nitrogens is 1. The molecule has 18 heavy (non-hydrogen) atoms. The van der Waals surface area contributed by atoms with Crippen molar-refractivity contribution in [1.29, 1.82) is 0 Å². The van der Waals surface area contributed by atoms with Crippen LogP contribution in [-0.4, -0.2) is 42.4 Å². The van der Waals surface area contributed by atoms with E-state index in [4.69, 9.17) is 15.6 Å². The molecule has 0 atom stereocenters. The Morgan fingerprint density at radius 3 is 2.78 bits per heavy atom. The maximum absolute atomic E-state index is 11.0. The molecule has 1 aromatic rings. The topological polar surface area (TPSA) is 88.7 Å². The molecular formula is C12H17N3O3. The molecule has 2 heterocycles. The van der Waals surface area contributed by atoms with Gasteiger partial charge in [-0.15, -0.1) is 0 Å². The lowest BCUT2D eigenvalue weighted by Crippen LogP contribution is -2.37. The zero-order valence-corrected chi connectivity index (χ0v) is 10.3. The molecule has 0 aliphatic carbocycles. The molecule has 0 spiro atoms. The molecule has 0 aromatic carbocycles. The van der Waals surface area contributed by atoms with Gasteiger partial charge in [-0.05, 0) is 6.42 Å². The summed E-state index contributed by atoms with van der Waals surface area (Å²) in [7, 11) is 0. The van der Waals surface area contributed by atoms with Gasteiger partial charge in [-0.2, -0.15) is 0 Å². The Hall–Kier alpha value is -1.82. The summed E-state index contributed by atoms with van der Waals surface area (Å²) in [5.74, 6) is -0.258. The van der Waals surface area contributed by atoms with Crippen molar-refractivity contribution < 1.29 is 14.6 Å². The van der Waals surface area contributed by atoms with E-state index in [0.29, 0.717) is 25.3 Å². The van der Waals surface area contributed by atoms with Crippen molar-refractivity contribution in [3.05, 3.63) is 17.3 Å². The van der Waals surface area contributed by atoms with Crippen LogP contribution in [0, 0.1) is 0 Å². The van der Waals surface area contributed by atoms with Crippen molar-refractivity contribution >= 4 is 17.5 Å². The molecule has 0 amide bonds. The highest BCUT2D eigenvalue weighted by Crippen LogP contribution is 2.27. The molecule has 1 aliphatic heterocycles. The van der Waals surface area contributed by atoms with Gasteiger partial charge in [-0.3, -0.25) is 0 Å². The highest BCUT2D eigenvalue weighted by atomic mass is 16.5. The number of carboxylic acids is 1. The molecule has 2 rings (SSSR count). The fraction of sp³-hybridized carbons (Fsp3) is 0.500. The minimum absolute atomic E-state index is 0.0730. The number of anilines is 2. The highest BCUT2D eigenvalue weighted by molar-refractivity contribution is 5.95. The van der Waals surface area contributed by atoms with E-state index in [0.717, 1.165) is 24.5 Å². The van der Waals surface area contributed by atoms with Gasteiger partial charge in [0.2, 0.25) is 0 Å². The van der Waals surface area contributed by atoms with Crippen LogP contribution in [0.25, 0.3) is 0 Å². The van der Waals surface area contributed by atoms with Crippen LogP contribution in [-0.2, 0) is 11.2 Å². The molecule has 6 heteroatoms. The second kappa shape index (κ2) is 5.22. The zero-order chi connectivity index (χ0) is 13.1. The summed E-state index contributed by atoms with van der Waals surface area (Å²) in [5.41, 5.74) is 7.12. The first-order chi connectivity index (χ1) is 8.65. The van der Waals surface area contributed by atoms with E-state index < -0.39 is 5.97 Å². The molecule has 6 nitrogen and oxygen atoms in total. The fourth-order valence-corrected chi connectivity index (χ4v) is 2.12. The molecule has 0 radical (unpaired) electrons. The van der Waals surface area contributed by atoms with Crippen LogP contribution in [0.5, 0.6) is 0 Å². The van der Waals surface area contributed by atoms with E-state index in [1.807, 2.05) is 6.92 Å². The maximum Gasteiger partial charge on any atom is 0.339 e. The molecule has 1 aliphatic rings. The molecule has 0 saturated carbocycles. The molecule has 3 N–H and O–H groups in total. The van der Waals surface area contributed by atoms with Crippen LogP contribution in [0.4, 0.5) is 11.5 Å². The Morgan fingerprint density at radius 2 is 2.22 bits per heavy atom. The number of hydrogen-bond acceptors (Lipinski definition) is 5. The molecule has 1 saturated heterocycles. The first kappa shape index (κ1) is 12.6. The van der Waals surface area contributed by atoms with Crippen LogP contribution in [0.2, 0.25) is 0 Å². The lowest BCUT2D eigenvalue weighted by molar-refractivity contribution is 0.0697. The smallest absolute Gasteiger partial charge is 0.339 e. The normalized spacial score (nSPS) is 15.7. The largest absolute Gasteiger partial charge is 0.478 e. The summed E-state index contributed by atoms with van der Waals surface area (Å²) in [4.78, 5) is 17.4. The summed E-state index contributed by atoms with van der Waals surface area (Å²) < 4.78 is 5.29. The van der Waals surface area contributed by atoms with Gasteiger partial charge in [-0.1, -0.05) is 6.92 Å². The second-order valence-corrected chi connectivity index (χ2v) is 4.15. The predicted molar refractivity (Wildman–Crippen MR) is 68.0 cm³/mol. The molecule has 1 aromatic heterocycles. The SMILES string of the molecule is CCc1c(N2CCOCC2)ncc(C(=O)O)c1N. The zero-order valence-electron chi connectivity index (χ0n) is 10.3. The maximum atomic E-state index is 11.0. The van der Waals surface area contributed by atoms with Gasteiger partial charge in [0.25, 0.3) is 0 Å². The Bertz CT molecular complexity index is 456. The number of nitrogens with zero attached hydrogens (tertiary/aromatic N) is 2. The second-order valence-electron chi connectivity index (χ2n) is 4.15. The van der Waals surface area contributed by atoms with Gasteiger partial charge in [-0.25, -0.2) is 9.78 Å². The van der Waals surface area contributed by atoms with Gasteiger partial charge in [0.1, 0.15) is 11.4 Å². The highest BCUT2D eigenvalue weighted by Gasteiger charge is 2.20. The van der Waals surface area contributed by atoms with Crippen molar-refractivity contribution in [2.45, 2.75) is 13.3 Å². The number of ether oxygens (including phenoxy) is 1. The minimum Gasteiger partial charge on any atom is -0.478 e. The van der Waals surface area contributed by atoms with E-state index in [1.54, 1.807) is 0 Å². The number of nitrogens with two attached hydrogens (primary N) is 1. The van der Waals surface area contributed by atoms with Gasteiger partial charge < -0.3 is 20.5 Å². The van der Waals surface area contributed by atoms with Crippen molar-refractivity contribution in [1.82, 2.24) is 4.98 Å². The first-order valence-corrected chi connectivity index (χ1v) is 5.98. The predicted octanol–water partition coefficient (Wildman–Crippen LogP) is 0.761. The van der Waals surface area contributed by atoms with Crippen LogP contribution in [0.1, 0.15) is 22.8 Å². The van der Waals surface area contributed by atoms with Crippen LogP contribution < -0.4 is 10.6 Å². The Morgan fingerprint density at radius 1 is 1.56 bits per heavy atom. The number of nitrogen functional groups attached to an aromatic ring is 1. The minimum atomic E-state index is -1.04. The molecule has 0 bridgehead atoms. The summed E-state index contributed by atoms with van der Waals surface area (Å²) in [6, 6.07) is 0. The lowest BCUT2D eigenvalue weighted by Gasteiger charge is -2.30. The average Bonchev–Trinajstić information content (AvgIpc) is 2.39. The number of morpholine rings is 1. The third kappa shape index (κ3) is 2.24. The van der Waals surface area contributed by atoms with E-state index in [-0.39, 0.29) is 5.56 Å². The van der Waals surface area contributed by atoms with Gasteiger partial charge in [0, 0.05) is 24.8 Å². The number of hydrogen-bond donors (Lipinski definition) is 2. The number of rotatable bonds is 3. The third-order valence-corrected chi connectivity index (χ3v) is 3.10. The first-order valence-electron chi connectivity index (χ1n) is 5.98. The van der Waals surface area contributed by atoms with Crippen molar-refractivity contribution in [2.24, 2.45) is 0 Å². The fourth-order valence-electron chi connectivity index (χ4n) is 2.12. The van der Waals surface area contributed by atoms with Crippen LogP contribution in [0.3, 0.4) is 0 Å². The van der Waals surface area contributed by atoms with Crippen LogP contribution in [0.15, 0.2) is 6.20 Å². The molecule has 1 fully saturated rings. The third-order valence-electron chi connectivity index (χ3n) is 3.10. The van der Waals surface area contributed by atoms with Gasteiger partial charge in [0.15, 0.2) is 0 Å². The summed E-state index contributed by atoms with van der Waals surface area (Å²) in [5, 5.41) is 9.03. The van der Waals surface area contributed by atoms with E-state index >= 15 is 0 Å². The van der Waals surface area contributed by atoms with Gasteiger partial charge in [0.05, 0.1) is 18.9 Å². The van der Waals surface area contributed by atoms with Crippen LogP contribution >= 0.6 is 0 Å². The summed E-state index contributed by atoms with van der Waals surface area (Å²) in [6.45, 7) is 4.78. The lowest BCUT2D eigenvalue weighted by atomic mass is 10.1. The van der Waals surface area contributed by atoms with Crippen molar-refractivity contribution in [2.75, 3.05) is 36.9 Å². The van der Waals surface area contributed by atoms with Crippen molar-refractivity contribution in [3.8, 4) is 0 Å². The Balaban J connectivity index is 2.41. The quantitative estimate of drug-likeness (QED) is 0.824. The average molecular weight is 251 g/mol. The molecule has 98 valence electrons. The molecular weight excluding hydrogens is 234 g/mol. The summed E-state index contributed by atoms with van der Waals surface area (Å²) in [6.07, 6.45) is 1.99. The number of aromatic carboxylic acids is 1. The van der Waals surface area contributed by atoms with Gasteiger partial charge >= 0.3 is 5.97 Å². The monoisotopic (exact) mass is 251 g/mol. The van der Waals surface area contributed by atoms with Crippen molar-refractivity contribution in [3.63, 3.8) is 0 Å². The van der Waals surface area contributed by atoms with E-state index in [9.17, 15) is 4.79 Å². The number of pyridine rings is 1. The summed E-state index contributed by atoms with van der Waals surface area (Å²) >= 11 is 0.